The second kappa shape index (κ2) is 15.6. The molecule has 4 rings (SSSR count). The number of carbonyl (C=O) groups excluding carboxylic acids is 2. The third kappa shape index (κ3) is 14.4. The monoisotopic (exact) mass is 648 g/mol. The number of sulfonamides is 1. The molecule has 9 heteroatoms. The van der Waals surface area contributed by atoms with E-state index in [4.69, 9.17) is 0 Å². The highest BCUT2D eigenvalue weighted by atomic mass is 32.2. The van der Waals surface area contributed by atoms with Gasteiger partial charge in [0.15, 0.2) is 0 Å². The molecule has 0 aromatic heterocycles. The number of carbonyl (C=O) groups is 2. The lowest BCUT2D eigenvalue weighted by Gasteiger charge is -2.31. The van der Waals surface area contributed by atoms with Crippen molar-refractivity contribution in [3.63, 3.8) is 0 Å². The first-order chi connectivity index (χ1) is 18.7. The molecule has 7 nitrogen and oxygen atoms in total. The van der Waals surface area contributed by atoms with Crippen molar-refractivity contribution in [1.29, 1.82) is 0 Å². The van der Waals surface area contributed by atoms with Gasteiger partial charge in [0, 0.05) is 54.9 Å². The predicted molar refractivity (Wildman–Crippen MR) is 187 cm³/mol. The molecule has 0 spiro atoms. The minimum atomic E-state index is -2.91. The molecule has 3 heterocycles. The lowest BCUT2D eigenvalue weighted by Crippen LogP contribution is -2.42. The number of amides is 1. The van der Waals surface area contributed by atoms with Gasteiger partial charge in [0.2, 0.25) is 15.9 Å². The normalized spacial score (nSPS) is 27.8. The Labute approximate surface area is 267 Å². The Balaban J connectivity index is 0.000000543. The van der Waals surface area contributed by atoms with Crippen LogP contribution in [0.4, 0.5) is 0 Å². The van der Waals surface area contributed by atoms with Gasteiger partial charge in [-0.3, -0.25) is 13.8 Å². The Hall–Kier alpha value is -0.930. The fourth-order valence-corrected chi connectivity index (χ4v) is 10.1. The van der Waals surface area contributed by atoms with E-state index >= 15 is 0 Å². The first kappa shape index (κ1) is 42.1. The fourth-order valence-electron chi connectivity index (χ4n) is 5.88. The van der Waals surface area contributed by atoms with E-state index in [9.17, 15) is 22.2 Å². The molecule has 0 N–H and O–H groups in total. The second-order valence-corrected chi connectivity index (χ2v) is 21.5. The van der Waals surface area contributed by atoms with Gasteiger partial charge in [0.05, 0.1) is 5.75 Å². The summed E-state index contributed by atoms with van der Waals surface area (Å²) in [6, 6.07) is 0. The van der Waals surface area contributed by atoms with Gasteiger partial charge in [-0.15, -0.1) is 0 Å². The van der Waals surface area contributed by atoms with Gasteiger partial charge in [-0.05, 0) is 105 Å². The number of hydrogen-bond donors (Lipinski definition) is 0. The smallest absolute Gasteiger partial charge is 0.223 e. The Morgan fingerprint density at radius 2 is 1.23 bits per heavy atom. The highest BCUT2D eigenvalue weighted by Crippen LogP contribution is 2.37. The van der Waals surface area contributed by atoms with Gasteiger partial charge < -0.3 is 4.90 Å². The minimum Gasteiger partial charge on any atom is -0.338 e. The summed E-state index contributed by atoms with van der Waals surface area (Å²) in [4.78, 5) is 24.0. The van der Waals surface area contributed by atoms with E-state index in [1.54, 1.807) is 4.31 Å². The van der Waals surface area contributed by atoms with Gasteiger partial charge in [-0.25, -0.2) is 8.42 Å². The topological polar surface area (TPSA) is 91.8 Å². The van der Waals surface area contributed by atoms with E-state index in [1.165, 1.54) is 0 Å². The van der Waals surface area contributed by atoms with Gasteiger partial charge in [0.1, 0.15) is 5.78 Å². The lowest BCUT2D eigenvalue weighted by molar-refractivity contribution is -0.131. The summed E-state index contributed by atoms with van der Waals surface area (Å²) in [7, 11) is -4.59. The number of nitrogens with zero attached hydrogens (tertiary/aromatic N) is 2. The molecule has 1 aliphatic carbocycles. The van der Waals surface area contributed by atoms with Crippen molar-refractivity contribution >= 4 is 37.1 Å². The molecule has 43 heavy (non-hydrogen) atoms. The van der Waals surface area contributed by atoms with Crippen molar-refractivity contribution in [3.8, 4) is 0 Å². The molecule has 3 unspecified atom stereocenters. The molecule has 0 radical (unpaired) electrons. The maximum Gasteiger partial charge on any atom is 0.223 e. The summed E-state index contributed by atoms with van der Waals surface area (Å²) < 4.78 is 35.8. The summed E-state index contributed by atoms with van der Waals surface area (Å²) >= 11 is 0. The van der Waals surface area contributed by atoms with Crippen LogP contribution in [0, 0.1) is 22.7 Å². The maximum absolute atomic E-state index is 11.5. The van der Waals surface area contributed by atoms with Crippen molar-refractivity contribution < 1.29 is 22.2 Å². The Bertz CT molecular complexity index is 1120. The summed E-state index contributed by atoms with van der Waals surface area (Å²) in [6.45, 7) is 27.0. The minimum absolute atomic E-state index is 0. The summed E-state index contributed by atoms with van der Waals surface area (Å²) in [5, 5.41) is 0. The standard InChI is InChI=1S/C9H18OS.C9H16O.C8H15NO.C7H15NO2S.CH4/c1-9(2,3)8-5-6-11(4,10)7-8;1-9(2,3)7-4-5-8(10)6-7;1-8(2,3)9-6-4-5-7(9)10;1-7(2,3)8-5-4-6-11(8,9)10;/h8H,4-7H2,1-3H3;7H,4-6H2,1-3H3;4-6H2,1-3H3;4-6H2,1-3H3;1H4. The van der Waals surface area contributed by atoms with Crippen LogP contribution in [0.1, 0.15) is 135 Å². The summed E-state index contributed by atoms with van der Waals surface area (Å²) in [5.41, 5.74) is 0.450. The van der Waals surface area contributed by atoms with Crippen LogP contribution >= 0.6 is 0 Å². The third-order valence-electron chi connectivity index (χ3n) is 8.77. The zero-order valence-corrected chi connectivity index (χ0v) is 30.7. The Morgan fingerprint density at radius 3 is 1.42 bits per heavy atom. The van der Waals surface area contributed by atoms with Gasteiger partial charge in [-0.2, -0.15) is 4.31 Å². The van der Waals surface area contributed by atoms with Crippen molar-refractivity contribution in [2.24, 2.45) is 22.7 Å². The number of likely N-dealkylation sites (tertiary alicyclic amines) is 1. The SMILES string of the molecule is C.C=S1(=O)CCC(C(C)(C)C)C1.CC(C)(C)C1CCC(=O)C1.CC(C)(C)N1CCCC1=O.CC(C)(C)N1CCCS1(=O)=O. The molecule has 3 aliphatic heterocycles. The molecular weight excluding hydrogens is 581 g/mol. The van der Waals surface area contributed by atoms with Crippen molar-refractivity contribution in [1.82, 2.24) is 9.21 Å². The summed E-state index contributed by atoms with van der Waals surface area (Å²) in [5.74, 6) is 7.80. The van der Waals surface area contributed by atoms with E-state index in [2.05, 4.69) is 68.2 Å². The molecular formula is C34H68N2O5S2. The van der Waals surface area contributed by atoms with Crippen LogP contribution in [0.5, 0.6) is 0 Å². The number of Topliss-reactive ketones (excluding diaryl/α,β-unsaturated/α-hetero) is 1. The Kier molecular flexibility index (Phi) is 15.2. The van der Waals surface area contributed by atoms with Crippen LogP contribution in [0.2, 0.25) is 0 Å². The van der Waals surface area contributed by atoms with E-state index in [1.807, 2.05) is 25.7 Å². The van der Waals surface area contributed by atoms with Gasteiger partial charge >= 0.3 is 0 Å². The molecule has 1 amide bonds. The van der Waals surface area contributed by atoms with Crippen LogP contribution in [-0.2, 0) is 29.1 Å². The van der Waals surface area contributed by atoms with E-state index in [0.717, 1.165) is 63.0 Å². The van der Waals surface area contributed by atoms with Crippen molar-refractivity contribution in [2.75, 3.05) is 30.3 Å². The average Bonchev–Trinajstić information content (AvgIpc) is 3.54. The largest absolute Gasteiger partial charge is 0.338 e. The van der Waals surface area contributed by atoms with Crippen LogP contribution < -0.4 is 0 Å². The van der Waals surface area contributed by atoms with Crippen LogP contribution in [-0.4, -0.2) is 80.8 Å². The second-order valence-electron chi connectivity index (χ2n) is 16.8. The summed E-state index contributed by atoms with van der Waals surface area (Å²) in [6.07, 6.45) is 6.42. The fraction of sp³-hybridized carbons (Fsp3) is 0.912. The van der Waals surface area contributed by atoms with Gasteiger partial charge in [-0.1, -0.05) is 49.0 Å². The number of ketones is 1. The van der Waals surface area contributed by atoms with Crippen LogP contribution in [0.3, 0.4) is 0 Å². The van der Waals surface area contributed by atoms with Crippen LogP contribution in [0.15, 0.2) is 0 Å². The maximum atomic E-state index is 11.5. The predicted octanol–water partition coefficient (Wildman–Crippen LogP) is 7.03. The highest BCUT2D eigenvalue weighted by Gasteiger charge is 2.36. The quantitative estimate of drug-likeness (QED) is 0.263. The molecule has 1 saturated carbocycles. The zero-order chi connectivity index (χ0) is 32.9. The van der Waals surface area contributed by atoms with Gasteiger partial charge in [0.25, 0.3) is 0 Å². The number of rotatable bonds is 0. The van der Waals surface area contributed by atoms with Crippen molar-refractivity contribution in [3.05, 3.63) is 0 Å². The first-order valence-electron chi connectivity index (χ1n) is 15.8. The zero-order valence-electron chi connectivity index (χ0n) is 29.1. The van der Waals surface area contributed by atoms with E-state index in [-0.39, 0.29) is 18.5 Å². The first-order valence-corrected chi connectivity index (χ1v) is 19.5. The Morgan fingerprint density at radius 1 is 0.698 bits per heavy atom. The molecule has 4 fully saturated rings. The van der Waals surface area contributed by atoms with E-state index < -0.39 is 19.5 Å². The van der Waals surface area contributed by atoms with Crippen LogP contribution in [0.25, 0.3) is 0 Å². The molecule has 3 atom stereocenters. The lowest BCUT2D eigenvalue weighted by atomic mass is 9.80. The van der Waals surface area contributed by atoms with Crippen molar-refractivity contribution in [2.45, 2.75) is 147 Å². The molecule has 0 aromatic rings. The van der Waals surface area contributed by atoms with E-state index in [0.29, 0.717) is 46.7 Å². The third-order valence-corrected chi connectivity index (χ3v) is 13.0. The highest BCUT2D eigenvalue weighted by molar-refractivity contribution is 8.00. The molecule has 3 saturated heterocycles. The molecule has 0 bridgehead atoms. The molecule has 256 valence electrons. The molecule has 4 aliphatic rings. The number of hydrogen-bond acceptors (Lipinski definition) is 5. The molecule has 0 aromatic carbocycles. The average molecular weight is 649 g/mol.